The number of aromatic nitrogens is 4. The molecule has 0 radical (unpaired) electrons. The minimum absolute atomic E-state index is 0.0931. The first-order valence-electron chi connectivity index (χ1n) is 6.35. The fraction of sp³-hybridized carbons (Fsp3) is 0. The molecule has 0 aliphatic heterocycles. The average molecular weight is 290 g/mol. The van der Waals surface area contributed by atoms with Crippen LogP contribution in [0.15, 0.2) is 42.5 Å². The fourth-order valence-corrected chi connectivity index (χ4v) is 2.04. The molecule has 0 spiro atoms. The molecule has 0 aliphatic rings. The lowest BCUT2D eigenvalue weighted by atomic mass is 10.1. The number of nitriles is 1. The van der Waals surface area contributed by atoms with E-state index in [9.17, 15) is 4.79 Å². The first-order chi connectivity index (χ1) is 10.7. The van der Waals surface area contributed by atoms with Crippen molar-refractivity contribution in [2.75, 3.05) is 0 Å². The van der Waals surface area contributed by atoms with Crippen molar-refractivity contribution in [1.29, 1.82) is 5.26 Å². The molecule has 1 amide bonds. The van der Waals surface area contributed by atoms with Gasteiger partial charge in [-0.05, 0) is 11.6 Å². The molecule has 3 N–H and O–H groups in total. The van der Waals surface area contributed by atoms with Crippen molar-refractivity contribution >= 4 is 23.1 Å². The van der Waals surface area contributed by atoms with Crippen LogP contribution in [0.2, 0.25) is 0 Å². The van der Waals surface area contributed by atoms with Gasteiger partial charge in [-0.25, -0.2) is 15.0 Å². The predicted octanol–water partition coefficient (Wildman–Crippen LogP) is 1.41. The molecule has 0 unspecified atom stereocenters. The van der Waals surface area contributed by atoms with Gasteiger partial charge in [-0.2, -0.15) is 5.26 Å². The summed E-state index contributed by atoms with van der Waals surface area (Å²) in [5.74, 6) is -0.749. The van der Waals surface area contributed by atoms with Gasteiger partial charge in [0.15, 0.2) is 5.65 Å². The zero-order valence-corrected chi connectivity index (χ0v) is 11.3. The van der Waals surface area contributed by atoms with Gasteiger partial charge in [-0.15, -0.1) is 0 Å². The second-order valence-electron chi connectivity index (χ2n) is 4.48. The van der Waals surface area contributed by atoms with Crippen molar-refractivity contribution < 1.29 is 4.79 Å². The maximum atomic E-state index is 11.0. The summed E-state index contributed by atoms with van der Waals surface area (Å²) in [4.78, 5) is 26.5. The lowest BCUT2D eigenvalue weighted by molar-refractivity contribution is -0.114. The molecule has 0 atom stereocenters. The maximum Gasteiger partial charge on any atom is 0.259 e. The molecule has 0 aliphatic carbocycles. The van der Waals surface area contributed by atoms with Crippen molar-refractivity contribution in [3.05, 3.63) is 48.1 Å². The molecule has 0 saturated carbocycles. The summed E-state index contributed by atoms with van der Waals surface area (Å²) in [5.41, 5.74) is 8.62. The number of hydrogen-bond donors (Lipinski definition) is 2. The number of carbonyl (C=O) groups excluding carboxylic acids is 1. The Morgan fingerprint density at radius 1 is 1.23 bits per heavy atom. The van der Waals surface area contributed by atoms with E-state index in [0.29, 0.717) is 22.4 Å². The highest BCUT2D eigenvalue weighted by atomic mass is 16.1. The van der Waals surface area contributed by atoms with Crippen molar-refractivity contribution in [1.82, 2.24) is 19.9 Å². The molecule has 7 heteroatoms. The quantitative estimate of drug-likeness (QED) is 0.558. The van der Waals surface area contributed by atoms with E-state index in [0.717, 1.165) is 5.56 Å². The van der Waals surface area contributed by atoms with Crippen molar-refractivity contribution in [2.24, 2.45) is 5.73 Å². The number of hydrogen-bond acceptors (Lipinski definition) is 5. The van der Waals surface area contributed by atoms with Crippen LogP contribution in [0.5, 0.6) is 0 Å². The number of carbonyl (C=O) groups is 1. The van der Waals surface area contributed by atoms with Gasteiger partial charge in [-0.1, -0.05) is 24.3 Å². The number of amides is 1. The number of imidazole rings is 1. The first kappa shape index (κ1) is 13.5. The molecular formula is C15H10N6O. The molecule has 3 rings (SSSR count). The van der Waals surface area contributed by atoms with Gasteiger partial charge in [0.25, 0.3) is 5.91 Å². The third-order valence-corrected chi connectivity index (χ3v) is 3.10. The van der Waals surface area contributed by atoms with Gasteiger partial charge in [0.1, 0.15) is 29.2 Å². The van der Waals surface area contributed by atoms with Gasteiger partial charge in [0, 0.05) is 5.56 Å². The third kappa shape index (κ3) is 2.41. The lowest BCUT2D eigenvalue weighted by Gasteiger charge is -2.02. The van der Waals surface area contributed by atoms with Crippen LogP contribution in [-0.2, 0) is 4.79 Å². The highest BCUT2D eigenvalue weighted by Gasteiger charge is 2.08. The summed E-state index contributed by atoms with van der Waals surface area (Å²) in [6.45, 7) is 0. The number of nitrogens with two attached hydrogens (primary N) is 1. The van der Waals surface area contributed by atoms with E-state index in [1.807, 2.05) is 12.1 Å². The van der Waals surface area contributed by atoms with Gasteiger partial charge in [0.2, 0.25) is 0 Å². The molecule has 0 bridgehead atoms. The Kier molecular flexibility index (Phi) is 3.34. The predicted molar refractivity (Wildman–Crippen MR) is 79.9 cm³/mol. The zero-order chi connectivity index (χ0) is 15.5. The Labute approximate surface area is 125 Å². The number of rotatable bonds is 3. The standard InChI is InChI=1S/C15H10N6O/c16-6-11(14(17)22)5-9-1-3-10(4-2-9)12-13-15(20-7-18-12)21-8-19-13/h1-5,7-8H,(H2,17,22)(H,18,19,20,21). The Hall–Kier alpha value is -3.53. The normalized spacial score (nSPS) is 11.3. The summed E-state index contributed by atoms with van der Waals surface area (Å²) < 4.78 is 0. The Morgan fingerprint density at radius 2 is 2.00 bits per heavy atom. The van der Waals surface area contributed by atoms with Crippen LogP contribution in [0.1, 0.15) is 5.56 Å². The van der Waals surface area contributed by atoms with Crippen molar-refractivity contribution in [2.45, 2.75) is 0 Å². The van der Waals surface area contributed by atoms with Crippen LogP contribution >= 0.6 is 0 Å². The van der Waals surface area contributed by atoms with Crippen LogP contribution in [0.25, 0.3) is 28.5 Å². The van der Waals surface area contributed by atoms with Gasteiger partial charge in [-0.3, -0.25) is 4.79 Å². The first-order valence-corrected chi connectivity index (χ1v) is 6.35. The Balaban J connectivity index is 2.00. The number of aromatic amines is 1. The smallest absolute Gasteiger partial charge is 0.259 e. The molecule has 3 aromatic rings. The van der Waals surface area contributed by atoms with Gasteiger partial charge in [0.05, 0.1) is 6.33 Å². The van der Waals surface area contributed by atoms with Crippen LogP contribution in [-0.4, -0.2) is 25.8 Å². The number of H-pyrrole nitrogens is 1. The minimum atomic E-state index is -0.749. The molecule has 106 valence electrons. The van der Waals surface area contributed by atoms with E-state index in [1.54, 1.807) is 24.5 Å². The van der Waals surface area contributed by atoms with Crippen LogP contribution in [0.4, 0.5) is 0 Å². The van der Waals surface area contributed by atoms with E-state index in [2.05, 4.69) is 19.9 Å². The highest BCUT2D eigenvalue weighted by Crippen LogP contribution is 2.23. The fourth-order valence-electron chi connectivity index (χ4n) is 2.04. The number of fused-ring (bicyclic) bond motifs is 1. The second kappa shape index (κ2) is 5.46. The van der Waals surface area contributed by atoms with Gasteiger partial charge < -0.3 is 10.7 Å². The molecular weight excluding hydrogens is 280 g/mol. The molecule has 7 nitrogen and oxygen atoms in total. The molecule has 2 aromatic heterocycles. The van der Waals surface area contributed by atoms with Gasteiger partial charge >= 0.3 is 0 Å². The van der Waals surface area contributed by atoms with Crippen LogP contribution < -0.4 is 5.73 Å². The Bertz CT molecular complexity index is 917. The van der Waals surface area contributed by atoms with Crippen LogP contribution in [0.3, 0.4) is 0 Å². The van der Waals surface area contributed by atoms with Crippen molar-refractivity contribution in [3.63, 3.8) is 0 Å². The number of benzene rings is 1. The molecule has 2 heterocycles. The Morgan fingerprint density at radius 3 is 2.68 bits per heavy atom. The largest absolute Gasteiger partial charge is 0.365 e. The average Bonchev–Trinajstić information content (AvgIpc) is 3.01. The monoisotopic (exact) mass is 290 g/mol. The van der Waals surface area contributed by atoms with E-state index in [1.165, 1.54) is 12.4 Å². The molecule has 0 fully saturated rings. The van der Waals surface area contributed by atoms with Crippen LogP contribution in [0, 0.1) is 11.3 Å². The minimum Gasteiger partial charge on any atom is -0.365 e. The van der Waals surface area contributed by atoms with E-state index in [-0.39, 0.29) is 5.57 Å². The van der Waals surface area contributed by atoms with Crippen molar-refractivity contribution in [3.8, 4) is 17.3 Å². The summed E-state index contributed by atoms with van der Waals surface area (Å²) in [7, 11) is 0. The summed E-state index contributed by atoms with van der Waals surface area (Å²) >= 11 is 0. The summed E-state index contributed by atoms with van der Waals surface area (Å²) in [5, 5.41) is 8.84. The zero-order valence-electron chi connectivity index (χ0n) is 11.3. The lowest BCUT2D eigenvalue weighted by Crippen LogP contribution is -2.12. The van der Waals surface area contributed by atoms with E-state index >= 15 is 0 Å². The summed E-state index contributed by atoms with van der Waals surface area (Å²) in [6.07, 6.45) is 4.47. The molecule has 22 heavy (non-hydrogen) atoms. The maximum absolute atomic E-state index is 11.0. The third-order valence-electron chi connectivity index (χ3n) is 3.10. The summed E-state index contributed by atoms with van der Waals surface area (Å²) in [6, 6.07) is 8.98. The van der Waals surface area contributed by atoms with E-state index < -0.39 is 5.91 Å². The highest BCUT2D eigenvalue weighted by molar-refractivity contribution is 6.00. The number of nitrogens with zero attached hydrogens (tertiary/aromatic N) is 4. The van der Waals surface area contributed by atoms with E-state index in [4.69, 9.17) is 11.0 Å². The SMILES string of the molecule is N#CC(=Cc1ccc(-c2ncnc3[nH]cnc23)cc1)C(N)=O. The molecule has 1 aromatic carbocycles. The molecule has 0 saturated heterocycles. The number of primary amides is 1. The topological polar surface area (TPSA) is 121 Å². The second-order valence-corrected chi connectivity index (χ2v) is 4.48. The number of nitrogens with one attached hydrogen (secondary N) is 1.